The van der Waals surface area contributed by atoms with Gasteiger partial charge in [0.1, 0.15) is 11.8 Å². The molecule has 1 aliphatic heterocycles. The number of aromatic nitrogens is 2. The molecule has 2 heterocycles. The lowest BCUT2D eigenvalue weighted by molar-refractivity contribution is -0.121. The number of imidazole rings is 1. The van der Waals surface area contributed by atoms with Crippen molar-refractivity contribution in [3.05, 3.63) is 76.8 Å². The van der Waals surface area contributed by atoms with Crippen LogP contribution in [-0.4, -0.2) is 47.1 Å². The van der Waals surface area contributed by atoms with Crippen LogP contribution in [0.25, 0.3) is 0 Å². The molecule has 4 rings (SSSR count). The van der Waals surface area contributed by atoms with E-state index in [4.69, 9.17) is 21.6 Å². The highest BCUT2D eigenvalue weighted by Gasteiger charge is 2.25. The van der Waals surface area contributed by atoms with Crippen molar-refractivity contribution in [3.8, 4) is 11.8 Å². The predicted octanol–water partition coefficient (Wildman–Crippen LogP) is 3.31. The van der Waals surface area contributed by atoms with Gasteiger partial charge in [0.05, 0.1) is 31.2 Å². The first-order chi connectivity index (χ1) is 15.1. The Labute approximate surface area is 186 Å². The van der Waals surface area contributed by atoms with Gasteiger partial charge in [0, 0.05) is 43.1 Å². The molecule has 0 saturated carbocycles. The van der Waals surface area contributed by atoms with Gasteiger partial charge >= 0.3 is 0 Å². The van der Waals surface area contributed by atoms with E-state index in [9.17, 15) is 4.79 Å². The van der Waals surface area contributed by atoms with E-state index in [0.29, 0.717) is 42.5 Å². The zero-order valence-electron chi connectivity index (χ0n) is 17.2. The van der Waals surface area contributed by atoms with E-state index in [2.05, 4.69) is 20.5 Å². The molecular weight excluding hydrogens is 414 g/mol. The molecular formula is C23H22ClN5O2. The highest BCUT2D eigenvalue weighted by Crippen LogP contribution is 2.23. The maximum absolute atomic E-state index is 12.7. The molecule has 3 aromatic rings. The largest absolute Gasteiger partial charge is 0.495 e. The number of benzene rings is 2. The molecule has 1 fully saturated rings. The number of carbonyl (C=O) groups excluding carboxylic acids is 1. The number of ether oxygens (including phenoxy) is 1. The van der Waals surface area contributed by atoms with Gasteiger partial charge in [-0.15, -0.1) is 0 Å². The molecule has 1 aromatic heterocycles. The Hall–Kier alpha value is -3.34. The second kappa shape index (κ2) is 9.21. The summed E-state index contributed by atoms with van der Waals surface area (Å²) in [6.45, 7) is 2.94. The number of nitriles is 1. The molecule has 0 spiro atoms. The molecule has 1 aliphatic rings. The number of hydrogen-bond donors (Lipinski definition) is 0. The lowest BCUT2D eigenvalue weighted by Gasteiger charge is -2.34. The number of halogens is 1. The van der Waals surface area contributed by atoms with Gasteiger partial charge in [-0.1, -0.05) is 23.7 Å². The van der Waals surface area contributed by atoms with Crippen LogP contribution in [0, 0.1) is 11.3 Å². The minimum Gasteiger partial charge on any atom is -0.495 e. The third-order valence-corrected chi connectivity index (χ3v) is 5.58. The summed E-state index contributed by atoms with van der Waals surface area (Å²) in [4.78, 5) is 20.9. The second-order valence-electron chi connectivity index (χ2n) is 7.40. The highest BCUT2D eigenvalue weighted by atomic mass is 35.5. The minimum atomic E-state index is 0.0522. The summed E-state index contributed by atoms with van der Waals surface area (Å²) >= 11 is 6.07. The maximum Gasteiger partial charge on any atom is 0.241 e. The molecule has 0 radical (unpaired) electrons. The zero-order valence-corrected chi connectivity index (χ0v) is 17.9. The number of amides is 1. The minimum absolute atomic E-state index is 0.0522. The Kier molecular flexibility index (Phi) is 6.21. The molecule has 7 nitrogen and oxygen atoms in total. The molecule has 0 atom stereocenters. The van der Waals surface area contributed by atoms with E-state index < -0.39 is 0 Å². The van der Waals surface area contributed by atoms with Crippen LogP contribution in [-0.2, 0) is 17.9 Å². The van der Waals surface area contributed by atoms with Gasteiger partial charge in [0.15, 0.2) is 0 Å². The second-order valence-corrected chi connectivity index (χ2v) is 7.83. The van der Waals surface area contributed by atoms with Gasteiger partial charge in [-0.3, -0.25) is 9.69 Å². The van der Waals surface area contributed by atoms with Crippen molar-refractivity contribution in [1.29, 1.82) is 5.26 Å². The van der Waals surface area contributed by atoms with Crippen LogP contribution in [0.4, 0.5) is 5.69 Å². The van der Waals surface area contributed by atoms with Crippen molar-refractivity contribution in [2.45, 2.75) is 13.1 Å². The Bertz CT molecular complexity index is 1140. The van der Waals surface area contributed by atoms with Crippen LogP contribution in [0.15, 0.2) is 55.0 Å². The van der Waals surface area contributed by atoms with Gasteiger partial charge in [0.25, 0.3) is 0 Å². The van der Waals surface area contributed by atoms with E-state index in [-0.39, 0.29) is 5.91 Å². The number of nitrogens with zero attached hydrogens (tertiary/aromatic N) is 5. The van der Waals surface area contributed by atoms with Crippen molar-refractivity contribution in [2.24, 2.45) is 0 Å². The number of hydrogen-bond acceptors (Lipinski definition) is 5. The van der Waals surface area contributed by atoms with Crippen LogP contribution in [0.5, 0.6) is 5.75 Å². The van der Waals surface area contributed by atoms with Crippen LogP contribution in [0.3, 0.4) is 0 Å². The lowest BCUT2D eigenvalue weighted by Crippen LogP contribution is -2.50. The van der Waals surface area contributed by atoms with Crippen LogP contribution < -0.4 is 9.64 Å². The fourth-order valence-corrected chi connectivity index (χ4v) is 3.93. The van der Waals surface area contributed by atoms with Gasteiger partial charge in [-0.05, 0) is 35.9 Å². The predicted molar refractivity (Wildman–Crippen MR) is 118 cm³/mol. The zero-order chi connectivity index (χ0) is 21.8. The first kappa shape index (κ1) is 20.9. The van der Waals surface area contributed by atoms with Crippen molar-refractivity contribution in [3.63, 3.8) is 0 Å². The van der Waals surface area contributed by atoms with Crippen molar-refractivity contribution in [2.75, 3.05) is 31.6 Å². The van der Waals surface area contributed by atoms with Gasteiger partial charge in [-0.25, -0.2) is 4.98 Å². The average Bonchev–Trinajstić information content (AvgIpc) is 3.20. The number of methoxy groups -OCH3 is 1. The van der Waals surface area contributed by atoms with Crippen LogP contribution >= 0.6 is 11.6 Å². The van der Waals surface area contributed by atoms with Crippen LogP contribution in [0.1, 0.15) is 16.8 Å². The molecule has 8 heteroatoms. The Balaban J connectivity index is 1.42. The Morgan fingerprint density at radius 1 is 1.19 bits per heavy atom. The molecule has 1 amide bonds. The number of rotatable bonds is 6. The molecule has 1 saturated heterocycles. The summed E-state index contributed by atoms with van der Waals surface area (Å²) in [6, 6.07) is 15.1. The van der Waals surface area contributed by atoms with Crippen molar-refractivity contribution < 1.29 is 9.53 Å². The summed E-state index contributed by atoms with van der Waals surface area (Å²) in [5, 5.41) is 9.78. The topological polar surface area (TPSA) is 74.4 Å². The van der Waals surface area contributed by atoms with Gasteiger partial charge < -0.3 is 14.2 Å². The first-order valence-corrected chi connectivity index (χ1v) is 10.3. The third-order valence-electron chi connectivity index (χ3n) is 5.34. The summed E-state index contributed by atoms with van der Waals surface area (Å²) < 4.78 is 7.36. The highest BCUT2D eigenvalue weighted by molar-refractivity contribution is 6.30. The molecule has 0 aliphatic carbocycles. The van der Waals surface area contributed by atoms with Crippen molar-refractivity contribution >= 4 is 23.2 Å². The summed E-state index contributed by atoms with van der Waals surface area (Å²) in [7, 11) is 1.56. The monoisotopic (exact) mass is 435 g/mol. The van der Waals surface area contributed by atoms with E-state index in [1.807, 2.05) is 36.5 Å². The molecule has 2 aromatic carbocycles. The fraction of sp³-hybridized carbons (Fsp3) is 0.261. The summed E-state index contributed by atoms with van der Waals surface area (Å²) in [5.41, 5.74) is 3.37. The van der Waals surface area contributed by atoms with E-state index in [1.165, 1.54) is 0 Å². The normalized spacial score (nSPS) is 14.5. The maximum atomic E-state index is 12.7. The summed E-state index contributed by atoms with van der Waals surface area (Å²) in [5.74, 6) is 0.612. The Morgan fingerprint density at radius 2 is 2.06 bits per heavy atom. The van der Waals surface area contributed by atoms with Crippen LogP contribution in [0.2, 0.25) is 5.02 Å². The SMILES string of the molecule is COc1cc(Cn2cncc2CN2CCN(c3cccc(Cl)c3)C(=O)C2)ccc1C#N. The number of carbonyl (C=O) groups is 1. The quantitative estimate of drug-likeness (QED) is 0.593. The molecule has 31 heavy (non-hydrogen) atoms. The third kappa shape index (κ3) is 4.71. The smallest absolute Gasteiger partial charge is 0.241 e. The number of piperazine rings is 1. The van der Waals surface area contributed by atoms with Gasteiger partial charge in [0.2, 0.25) is 5.91 Å². The van der Waals surface area contributed by atoms with E-state index in [1.54, 1.807) is 30.5 Å². The van der Waals surface area contributed by atoms with Crippen molar-refractivity contribution in [1.82, 2.24) is 14.5 Å². The van der Waals surface area contributed by atoms with E-state index in [0.717, 1.165) is 23.5 Å². The number of anilines is 1. The van der Waals surface area contributed by atoms with E-state index >= 15 is 0 Å². The molecule has 0 N–H and O–H groups in total. The summed E-state index contributed by atoms with van der Waals surface area (Å²) in [6.07, 6.45) is 3.61. The Morgan fingerprint density at radius 3 is 2.81 bits per heavy atom. The first-order valence-electron chi connectivity index (χ1n) is 9.91. The fourth-order valence-electron chi connectivity index (χ4n) is 3.75. The molecule has 0 bridgehead atoms. The standard InChI is InChI=1S/C23H22ClN5O2/c1-31-22-9-17(5-6-18(22)11-25)13-28-16-26-12-21(28)14-27-7-8-29(23(30)15-27)20-4-2-3-19(24)10-20/h2-6,9-10,12,16H,7-8,13-15H2,1H3. The lowest BCUT2D eigenvalue weighted by atomic mass is 10.1. The molecule has 158 valence electrons. The molecule has 0 unspecified atom stereocenters. The van der Waals surface area contributed by atoms with Gasteiger partial charge in [-0.2, -0.15) is 5.26 Å². The average molecular weight is 436 g/mol.